The maximum atomic E-state index is 12.5. The summed E-state index contributed by atoms with van der Waals surface area (Å²) >= 11 is 0. The molecule has 3 unspecified atom stereocenters. The Bertz CT molecular complexity index is 571. The number of likely N-dealkylation sites (tertiary alicyclic amines) is 1. The molecular formula is C17H21NO3. The first-order chi connectivity index (χ1) is 10.2. The number of aliphatic hydroxyl groups excluding tert-OH is 1. The first-order valence-corrected chi connectivity index (χ1v) is 7.90. The molecule has 1 N–H and O–H groups in total. The molecule has 3 aliphatic rings. The summed E-state index contributed by atoms with van der Waals surface area (Å²) in [6.07, 6.45) is 2.78. The summed E-state index contributed by atoms with van der Waals surface area (Å²) in [4.78, 5) is 14.7. The molecule has 4 nitrogen and oxygen atoms in total. The van der Waals surface area contributed by atoms with Crippen LogP contribution in [0.1, 0.15) is 28.8 Å². The smallest absolute Gasteiger partial charge is 0.176 e. The van der Waals surface area contributed by atoms with Gasteiger partial charge in [0, 0.05) is 31.0 Å². The largest absolute Gasteiger partial charge is 0.493 e. The predicted octanol–water partition coefficient (Wildman–Crippen LogP) is 1.51. The van der Waals surface area contributed by atoms with Crippen LogP contribution in [0.25, 0.3) is 0 Å². The van der Waals surface area contributed by atoms with E-state index in [2.05, 4.69) is 4.90 Å². The number of fused-ring (bicyclic) bond motifs is 2. The molecule has 0 spiro atoms. The Morgan fingerprint density at radius 3 is 3.10 bits per heavy atom. The van der Waals surface area contributed by atoms with Gasteiger partial charge in [-0.15, -0.1) is 0 Å². The zero-order chi connectivity index (χ0) is 14.4. The van der Waals surface area contributed by atoms with E-state index in [1.54, 1.807) is 0 Å². The number of Topliss-reactive ketones (excluding diaryl/α,β-unsaturated/α-hetero) is 1. The Morgan fingerprint density at radius 1 is 1.33 bits per heavy atom. The topological polar surface area (TPSA) is 49.8 Å². The van der Waals surface area contributed by atoms with Gasteiger partial charge in [0.2, 0.25) is 0 Å². The number of ether oxygens (including phenoxy) is 1. The highest BCUT2D eigenvalue weighted by atomic mass is 16.5. The molecule has 1 saturated carbocycles. The highest BCUT2D eigenvalue weighted by Gasteiger charge is 2.42. The van der Waals surface area contributed by atoms with Crippen molar-refractivity contribution in [3.63, 3.8) is 0 Å². The maximum Gasteiger partial charge on any atom is 0.176 e. The highest BCUT2D eigenvalue weighted by Crippen LogP contribution is 2.38. The zero-order valence-electron chi connectivity index (χ0n) is 12.1. The third-order valence-electron chi connectivity index (χ3n) is 5.27. The molecule has 2 fully saturated rings. The van der Waals surface area contributed by atoms with E-state index in [1.165, 1.54) is 0 Å². The van der Waals surface area contributed by atoms with Crippen molar-refractivity contribution in [1.82, 2.24) is 4.90 Å². The summed E-state index contributed by atoms with van der Waals surface area (Å²) in [5.41, 5.74) is 1.94. The van der Waals surface area contributed by atoms with Crippen LogP contribution >= 0.6 is 0 Å². The average Bonchev–Trinajstić information content (AvgIpc) is 3.16. The molecule has 2 aliphatic heterocycles. The van der Waals surface area contributed by atoms with Crippen LogP contribution < -0.4 is 4.74 Å². The lowest BCUT2D eigenvalue weighted by molar-refractivity contribution is 0.0919. The van der Waals surface area contributed by atoms with Crippen molar-refractivity contribution in [1.29, 1.82) is 0 Å². The van der Waals surface area contributed by atoms with Gasteiger partial charge >= 0.3 is 0 Å². The number of aliphatic hydroxyl groups is 1. The monoisotopic (exact) mass is 287 g/mol. The molecular weight excluding hydrogens is 266 g/mol. The summed E-state index contributed by atoms with van der Waals surface area (Å²) in [5.74, 6) is 2.07. The van der Waals surface area contributed by atoms with Gasteiger partial charge in [0.1, 0.15) is 5.75 Å². The molecule has 112 valence electrons. The van der Waals surface area contributed by atoms with Crippen LogP contribution in [-0.4, -0.2) is 48.1 Å². The molecule has 0 aromatic heterocycles. The van der Waals surface area contributed by atoms with E-state index < -0.39 is 0 Å². The quantitative estimate of drug-likeness (QED) is 0.856. The molecule has 0 bridgehead atoms. The normalized spacial score (nSPS) is 31.0. The Morgan fingerprint density at radius 2 is 2.24 bits per heavy atom. The fourth-order valence-corrected chi connectivity index (χ4v) is 4.11. The van der Waals surface area contributed by atoms with Crippen LogP contribution in [0.4, 0.5) is 0 Å². The van der Waals surface area contributed by atoms with Crippen molar-refractivity contribution in [2.45, 2.75) is 25.4 Å². The SMILES string of the molecule is O=C(CN1CC2CCC(O)C2C1)c1ccc2c(c1)CCO2. The fourth-order valence-electron chi connectivity index (χ4n) is 4.11. The molecule has 1 aromatic carbocycles. The second kappa shape index (κ2) is 5.11. The van der Waals surface area contributed by atoms with E-state index in [-0.39, 0.29) is 11.9 Å². The standard InChI is InChI=1S/C17H21NO3/c19-15-3-1-13-8-18(9-14(13)15)10-16(20)11-2-4-17-12(7-11)5-6-21-17/h2,4,7,13-15,19H,1,3,5-6,8-10H2. The van der Waals surface area contributed by atoms with Crippen LogP contribution in [0.15, 0.2) is 18.2 Å². The number of nitrogens with zero attached hydrogens (tertiary/aromatic N) is 1. The van der Waals surface area contributed by atoms with Gasteiger partial charge in [-0.25, -0.2) is 0 Å². The molecule has 0 radical (unpaired) electrons. The number of hydrogen-bond acceptors (Lipinski definition) is 4. The molecule has 21 heavy (non-hydrogen) atoms. The second-order valence-electron chi connectivity index (χ2n) is 6.61. The van der Waals surface area contributed by atoms with Crippen LogP contribution in [0.2, 0.25) is 0 Å². The van der Waals surface area contributed by atoms with Crippen molar-refractivity contribution in [2.24, 2.45) is 11.8 Å². The predicted molar refractivity (Wildman–Crippen MR) is 78.6 cm³/mol. The van der Waals surface area contributed by atoms with Gasteiger partial charge in [-0.1, -0.05) is 0 Å². The summed E-state index contributed by atoms with van der Waals surface area (Å²) in [6, 6.07) is 5.77. The molecule has 1 saturated heterocycles. The van der Waals surface area contributed by atoms with Gasteiger partial charge in [-0.05, 0) is 42.5 Å². The van der Waals surface area contributed by atoms with Crippen molar-refractivity contribution < 1.29 is 14.6 Å². The van der Waals surface area contributed by atoms with E-state index in [0.29, 0.717) is 18.4 Å². The van der Waals surface area contributed by atoms with E-state index >= 15 is 0 Å². The number of carbonyl (C=O) groups excluding carboxylic acids is 1. The van der Waals surface area contributed by atoms with Crippen molar-refractivity contribution >= 4 is 5.78 Å². The van der Waals surface area contributed by atoms with Gasteiger partial charge in [0.15, 0.2) is 5.78 Å². The molecule has 2 heterocycles. The number of hydrogen-bond donors (Lipinski definition) is 1. The summed E-state index contributed by atoms with van der Waals surface area (Å²) in [7, 11) is 0. The van der Waals surface area contributed by atoms with E-state index in [1.807, 2.05) is 18.2 Å². The van der Waals surface area contributed by atoms with Gasteiger partial charge in [-0.3, -0.25) is 9.69 Å². The third kappa shape index (κ3) is 2.36. The van der Waals surface area contributed by atoms with Crippen LogP contribution in [0.5, 0.6) is 5.75 Å². The lowest BCUT2D eigenvalue weighted by Crippen LogP contribution is -2.30. The summed E-state index contributed by atoms with van der Waals surface area (Å²) < 4.78 is 5.48. The first-order valence-electron chi connectivity index (χ1n) is 7.90. The minimum absolute atomic E-state index is 0.160. The third-order valence-corrected chi connectivity index (χ3v) is 5.27. The van der Waals surface area contributed by atoms with Gasteiger partial charge < -0.3 is 9.84 Å². The van der Waals surface area contributed by atoms with Gasteiger partial charge in [0.25, 0.3) is 0 Å². The lowest BCUT2D eigenvalue weighted by Gasteiger charge is -2.17. The molecule has 0 amide bonds. The number of carbonyl (C=O) groups is 1. The molecule has 1 aliphatic carbocycles. The van der Waals surface area contributed by atoms with Gasteiger partial charge in [0.05, 0.1) is 19.3 Å². The summed E-state index contributed by atoms with van der Waals surface area (Å²) in [5, 5.41) is 9.95. The van der Waals surface area contributed by atoms with E-state index in [0.717, 1.165) is 55.8 Å². The molecule has 4 rings (SSSR count). The minimum Gasteiger partial charge on any atom is -0.493 e. The summed E-state index contributed by atoms with van der Waals surface area (Å²) in [6.45, 7) is 3.02. The molecule has 3 atom stereocenters. The average molecular weight is 287 g/mol. The Labute approximate surface area is 124 Å². The van der Waals surface area contributed by atoms with Gasteiger partial charge in [-0.2, -0.15) is 0 Å². The van der Waals surface area contributed by atoms with Crippen LogP contribution in [0.3, 0.4) is 0 Å². The van der Waals surface area contributed by atoms with Crippen molar-refractivity contribution in [2.75, 3.05) is 26.2 Å². The zero-order valence-corrected chi connectivity index (χ0v) is 12.1. The number of ketones is 1. The van der Waals surface area contributed by atoms with E-state index in [9.17, 15) is 9.90 Å². The lowest BCUT2D eigenvalue weighted by atomic mass is 10.00. The molecule has 1 aromatic rings. The van der Waals surface area contributed by atoms with E-state index in [4.69, 9.17) is 4.74 Å². The minimum atomic E-state index is -0.160. The first kappa shape index (κ1) is 13.3. The Balaban J connectivity index is 1.42. The maximum absolute atomic E-state index is 12.5. The second-order valence-corrected chi connectivity index (χ2v) is 6.61. The van der Waals surface area contributed by atoms with Crippen molar-refractivity contribution in [3.05, 3.63) is 29.3 Å². The highest BCUT2D eigenvalue weighted by molar-refractivity contribution is 5.98. The Hall–Kier alpha value is -1.39. The number of rotatable bonds is 3. The van der Waals surface area contributed by atoms with Crippen LogP contribution in [0, 0.1) is 11.8 Å². The molecule has 4 heteroatoms. The fraction of sp³-hybridized carbons (Fsp3) is 0.588. The van der Waals surface area contributed by atoms with Crippen LogP contribution in [-0.2, 0) is 6.42 Å². The number of benzene rings is 1. The Kier molecular flexibility index (Phi) is 3.23. The van der Waals surface area contributed by atoms with Crippen molar-refractivity contribution in [3.8, 4) is 5.75 Å².